The van der Waals surface area contributed by atoms with Crippen LogP contribution in [0.4, 0.5) is 8.78 Å². The highest BCUT2D eigenvalue weighted by Crippen LogP contribution is 2.30. The highest BCUT2D eigenvalue weighted by Gasteiger charge is 2.15. The predicted octanol–water partition coefficient (Wildman–Crippen LogP) is 4.94. The lowest BCUT2D eigenvalue weighted by molar-refractivity contribution is 0.602. The molecule has 7 heteroatoms. The van der Waals surface area contributed by atoms with Gasteiger partial charge in [0.25, 0.3) is 0 Å². The molecule has 0 saturated carbocycles. The maximum absolute atomic E-state index is 13.8. The fraction of sp³-hybridized carbons (Fsp3) is 0. The van der Waals surface area contributed by atoms with Crippen molar-refractivity contribution in [2.75, 3.05) is 0 Å². The van der Waals surface area contributed by atoms with Crippen molar-refractivity contribution in [3.63, 3.8) is 0 Å². The van der Waals surface area contributed by atoms with Crippen molar-refractivity contribution in [3.8, 4) is 11.4 Å². The largest absolute Gasteiger partial charge is 0.227 e. The van der Waals surface area contributed by atoms with Gasteiger partial charge in [-0.25, -0.2) is 18.7 Å². The molecule has 0 aliphatic rings. The molecule has 0 aliphatic heterocycles. The Balaban J connectivity index is 2.27. The van der Waals surface area contributed by atoms with Crippen molar-refractivity contribution >= 4 is 45.4 Å². The molecule has 0 radical (unpaired) electrons. The van der Waals surface area contributed by atoms with E-state index in [0.717, 1.165) is 12.1 Å². The van der Waals surface area contributed by atoms with E-state index in [1.54, 1.807) is 10.8 Å². The average molecular weight is 317 g/mol. The van der Waals surface area contributed by atoms with Crippen LogP contribution in [0.3, 0.4) is 0 Å². The second kappa shape index (κ2) is 4.67. The Morgan fingerprint density at radius 2 is 1.79 bits per heavy atom. The van der Waals surface area contributed by atoms with Crippen LogP contribution in [0, 0.1) is 11.6 Å². The molecule has 96 valence electrons. The molecule has 0 atom stereocenters. The van der Waals surface area contributed by atoms with Crippen LogP contribution < -0.4 is 0 Å². The Hall–Kier alpha value is -1.30. The SMILES string of the molecule is Fc1cc(-c2nc(Cl)c3cscc3n2)c(F)cc1Cl. The summed E-state index contributed by atoms with van der Waals surface area (Å²) in [6.45, 7) is 0. The summed E-state index contributed by atoms with van der Waals surface area (Å²) >= 11 is 12.9. The summed E-state index contributed by atoms with van der Waals surface area (Å²) in [6.07, 6.45) is 0. The van der Waals surface area contributed by atoms with Crippen molar-refractivity contribution in [2.24, 2.45) is 0 Å². The molecule has 19 heavy (non-hydrogen) atoms. The van der Waals surface area contributed by atoms with Crippen molar-refractivity contribution < 1.29 is 8.78 Å². The molecule has 2 nitrogen and oxygen atoms in total. The van der Waals surface area contributed by atoms with Crippen LogP contribution in [0.1, 0.15) is 0 Å². The molecule has 0 aliphatic carbocycles. The zero-order valence-corrected chi connectivity index (χ0v) is 11.5. The molecule has 0 unspecified atom stereocenters. The summed E-state index contributed by atoms with van der Waals surface area (Å²) in [5.41, 5.74) is 0.520. The smallest absolute Gasteiger partial charge is 0.164 e. The number of aromatic nitrogens is 2. The van der Waals surface area contributed by atoms with Crippen LogP contribution >= 0.6 is 34.5 Å². The van der Waals surface area contributed by atoms with Gasteiger partial charge < -0.3 is 0 Å². The fourth-order valence-corrected chi connectivity index (χ4v) is 2.83. The molecule has 0 saturated heterocycles. The average Bonchev–Trinajstić information content (AvgIpc) is 2.82. The van der Waals surface area contributed by atoms with E-state index in [-0.39, 0.29) is 21.6 Å². The summed E-state index contributed by atoms with van der Waals surface area (Å²) in [6, 6.07) is 1.85. The lowest BCUT2D eigenvalue weighted by atomic mass is 10.2. The molecule has 1 aromatic carbocycles. The first kappa shape index (κ1) is 12.7. The van der Waals surface area contributed by atoms with Crippen molar-refractivity contribution in [1.29, 1.82) is 0 Å². The van der Waals surface area contributed by atoms with E-state index in [9.17, 15) is 8.78 Å². The van der Waals surface area contributed by atoms with E-state index in [0.29, 0.717) is 10.9 Å². The van der Waals surface area contributed by atoms with Crippen LogP contribution in [0.25, 0.3) is 22.3 Å². The third kappa shape index (κ3) is 2.18. The number of rotatable bonds is 1. The molecular formula is C12H4Cl2F2N2S. The van der Waals surface area contributed by atoms with Crippen LogP contribution in [-0.2, 0) is 0 Å². The molecule has 0 bridgehead atoms. The maximum Gasteiger partial charge on any atom is 0.164 e. The molecule has 2 aromatic heterocycles. The number of thiophene rings is 1. The van der Waals surface area contributed by atoms with Gasteiger partial charge in [0.05, 0.1) is 16.1 Å². The monoisotopic (exact) mass is 316 g/mol. The second-order valence-electron chi connectivity index (χ2n) is 3.75. The van der Waals surface area contributed by atoms with Gasteiger partial charge in [-0.2, -0.15) is 0 Å². The van der Waals surface area contributed by atoms with E-state index in [2.05, 4.69) is 9.97 Å². The Bertz CT molecular complexity index is 789. The number of hydrogen-bond acceptors (Lipinski definition) is 3. The molecule has 3 aromatic rings. The minimum atomic E-state index is -0.733. The van der Waals surface area contributed by atoms with Gasteiger partial charge >= 0.3 is 0 Å². The van der Waals surface area contributed by atoms with E-state index >= 15 is 0 Å². The summed E-state index contributed by atoms with van der Waals surface area (Å²) in [5.74, 6) is -1.40. The minimum absolute atomic E-state index is 0.0315. The van der Waals surface area contributed by atoms with Gasteiger partial charge in [-0.15, -0.1) is 11.3 Å². The van der Waals surface area contributed by atoms with E-state index in [1.807, 2.05) is 0 Å². The number of hydrogen-bond donors (Lipinski definition) is 0. The van der Waals surface area contributed by atoms with Gasteiger partial charge in [-0.3, -0.25) is 0 Å². The first-order valence-corrected chi connectivity index (χ1v) is 6.80. The highest BCUT2D eigenvalue weighted by molar-refractivity contribution is 7.09. The van der Waals surface area contributed by atoms with Gasteiger partial charge in [0, 0.05) is 16.1 Å². The topological polar surface area (TPSA) is 25.8 Å². The standard InChI is InChI=1S/C12H4Cl2F2N2S/c13-7-2-8(15)5(1-9(7)16)12-17-10-4-19-3-6(10)11(14)18-12/h1-4H. The van der Waals surface area contributed by atoms with Crippen LogP contribution in [0.5, 0.6) is 0 Å². The van der Waals surface area contributed by atoms with Gasteiger partial charge in [-0.05, 0) is 12.1 Å². The molecule has 0 amide bonds. The van der Waals surface area contributed by atoms with Crippen molar-refractivity contribution in [1.82, 2.24) is 9.97 Å². The summed E-state index contributed by atoms with van der Waals surface area (Å²) in [4.78, 5) is 8.15. The van der Waals surface area contributed by atoms with Crippen molar-refractivity contribution in [3.05, 3.63) is 44.7 Å². The molecule has 0 fully saturated rings. The quantitative estimate of drug-likeness (QED) is 0.469. The van der Waals surface area contributed by atoms with Crippen LogP contribution in [-0.4, -0.2) is 9.97 Å². The normalized spacial score (nSPS) is 11.2. The first-order valence-electron chi connectivity index (χ1n) is 5.10. The van der Waals surface area contributed by atoms with Gasteiger partial charge in [0.15, 0.2) is 5.82 Å². The molecule has 0 spiro atoms. The number of nitrogens with zero attached hydrogens (tertiary/aromatic N) is 2. The molecule has 3 rings (SSSR count). The molecular weight excluding hydrogens is 313 g/mol. The summed E-state index contributed by atoms with van der Waals surface area (Å²) < 4.78 is 27.2. The third-order valence-electron chi connectivity index (χ3n) is 2.55. The zero-order chi connectivity index (χ0) is 13.6. The Labute approximate surface area is 120 Å². The number of fused-ring (bicyclic) bond motifs is 1. The van der Waals surface area contributed by atoms with Gasteiger partial charge in [0.1, 0.15) is 16.8 Å². The Morgan fingerprint density at radius 3 is 2.58 bits per heavy atom. The van der Waals surface area contributed by atoms with E-state index in [4.69, 9.17) is 23.2 Å². The summed E-state index contributed by atoms with van der Waals surface area (Å²) in [7, 11) is 0. The van der Waals surface area contributed by atoms with E-state index < -0.39 is 11.6 Å². The number of halogens is 4. The Morgan fingerprint density at radius 1 is 1.00 bits per heavy atom. The van der Waals surface area contributed by atoms with Crippen LogP contribution in [0.15, 0.2) is 22.9 Å². The van der Waals surface area contributed by atoms with Crippen molar-refractivity contribution in [2.45, 2.75) is 0 Å². The predicted molar refractivity (Wildman–Crippen MR) is 72.8 cm³/mol. The van der Waals surface area contributed by atoms with Gasteiger partial charge in [-0.1, -0.05) is 23.2 Å². The van der Waals surface area contributed by atoms with E-state index in [1.165, 1.54) is 11.3 Å². The second-order valence-corrected chi connectivity index (χ2v) is 5.26. The Kier molecular flexibility index (Phi) is 3.12. The highest BCUT2D eigenvalue weighted by atomic mass is 35.5. The van der Waals surface area contributed by atoms with Gasteiger partial charge in [0.2, 0.25) is 0 Å². The maximum atomic E-state index is 13.8. The fourth-order valence-electron chi connectivity index (χ4n) is 1.64. The molecule has 0 N–H and O–H groups in total. The minimum Gasteiger partial charge on any atom is -0.227 e. The first-order chi connectivity index (χ1) is 9.06. The van der Waals surface area contributed by atoms with Crippen LogP contribution in [0.2, 0.25) is 10.2 Å². The zero-order valence-electron chi connectivity index (χ0n) is 9.12. The lowest BCUT2D eigenvalue weighted by Gasteiger charge is -2.04. The third-order valence-corrected chi connectivity index (χ3v) is 3.85. The summed E-state index contributed by atoms with van der Waals surface area (Å²) in [5, 5.41) is 4.15. The lowest BCUT2D eigenvalue weighted by Crippen LogP contribution is -1.94. The number of benzene rings is 1. The molecule has 2 heterocycles.